The highest BCUT2D eigenvalue weighted by Crippen LogP contribution is 2.14. The first-order valence-electron chi connectivity index (χ1n) is 6.41. The number of hydrogen-bond donors (Lipinski definition) is 1. The van der Waals surface area contributed by atoms with Gasteiger partial charge in [0.05, 0.1) is 18.8 Å². The Kier molecular flexibility index (Phi) is 6.16. The Morgan fingerprint density at radius 2 is 2.18 bits per heavy atom. The highest BCUT2D eigenvalue weighted by molar-refractivity contribution is 5.19. The lowest BCUT2D eigenvalue weighted by Crippen LogP contribution is -2.27. The van der Waals surface area contributed by atoms with Crippen molar-refractivity contribution >= 4 is 0 Å². The molecular formula is C14H24N2O. The molecule has 0 amide bonds. The molecule has 1 atom stereocenters. The van der Waals surface area contributed by atoms with Crippen molar-refractivity contribution in [3.05, 3.63) is 29.6 Å². The number of ether oxygens (including phenoxy) is 1. The molecule has 0 fully saturated rings. The minimum atomic E-state index is 0.263. The van der Waals surface area contributed by atoms with Crippen molar-refractivity contribution in [3.8, 4) is 0 Å². The van der Waals surface area contributed by atoms with Crippen LogP contribution >= 0.6 is 0 Å². The molecule has 0 radical (unpaired) electrons. The first kappa shape index (κ1) is 14.1. The van der Waals surface area contributed by atoms with Crippen molar-refractivity contribution in [1.82, 2.24) is 10.3 Å². The second kappa shape index (κ2) is 7.41. The normalized spacial score (nSPS) is 13.0. The predicted octanol–water partition coefficient (Wildman–Crippen LogP) is 2.86. The molecule has 17 heavy (non-hydrogen) atoms. The van der Waals surface area contributed by atoms with Crippen LogP contribution in [0.25, 0.3) is 0 Å². The molecule has 1 N–H and O–H groups in total. The Balaban J connectivity index is 2.67. The van der Waals surface area contributed by atoms with Crippen molar-refractivity contribution < 1.29 is 4.74 Å². The van der Waals surface area contributed by atoms with Crippen LogP contribution in [-0.2, 0) is 4.74 Å². The van der Waals surface area contributed by atoms with Gasteiger partial charge in [-0.2, -0.15) is 0 Å². The fourth-order valence-corrected chi connectivity index (χ4v) is 1.66. The summed E-state index contributed by atoms with van der Waals surface area (Å²) in [5, 5.41) is 3.52. The Hall–Kier alpha value is -0.930. The summed E-state index contributed by atoms with van der Waals surface area (Å²) in [7, 11) is 0. The first-order chi connectivity index (χ1) is 8.13. The van der Waals surface area contributed by atoms with Gasteiger partial charge in [0.1, 0.15) is 0 Å². The number of aromatic nitrogens is 1. The number of rotatable bonds is 7. The van der Waals surface area contributed by atoms with Crippen molar-refractivity contribution in [2.45, 2.75) is 46.3 Å². The summed E-state index contributed by atoms with van der Waals surface area (Å²) >= 11 is 0. The van der Waals surface area contributed by atoms with Crippen LogP contribution in [0.2, 0.25) is 0 Å². The molecule has 0 aliphatic carbocycles. The van der Waals surface area contributed by atoms with E-state index in [1.54, 1.807) is 0 Å². The minimum absolute atomic E-state index is 0.263. The number of hydrogen-bond acceptors (Lipinski definition) is 3. The van der Waals surface area contributed by atoms with Crippen molar-refractivity contribution in [3.63, 3.8) is 0 Å². The van der Waals surface area contributed by atoms with E-state index < -0.39 is 0 Å². The summed E-state index contributed by atoms with van der Waals surface area (Å²) < 4.78 is 5.71. The zero-order valence-corrected chi connectivity index (χ0v) is 11.4. The van der Waals surface area contributed by atoms with Crippen LogP contribution in [0.15, 0.2) is 18.3 Å². The fraction of sp³-hybridized carbons (Fsp3) is 0.643. The monoisotopic (exact) mass is 236 g/mol. The van der Waals surface area contributed by atoms with Crippen LogP contribution in [-0.4, -0.2) is 24.2 Å². The van der Waals surface area contributed by atoms with E-state index >= 15 is 0 Å². The third kappa shape index (κ3) is 5.29. The average Bonchev–Trinajstić information content (AvgIpc) is 2.29. The summed E-state index contributed by atoms with van der Waals surface area (Å²) in [4.78, 5) is 4.23. The molecule has 0 saturated heterocycles. The molecule has 1 unspecified atom stereocenters. The molecule has 3 nitrogen and oxygen atoms in total. The lowest BCUT2D eigenvalue weighted by molar-refractivity contribution is 0.0611. The first-order valence-corrected chi connectivity index (χ1v) is 6.41. The Bertz CT molecular complexity index is 326. The minimum Gasteiger partial charge on any atom is -0.377 e. The van der Waals surface area contributed by atoms with Crippen LogP contribution in [0, 0.1) is 6.92 Å². The maximum atomic E-state index is 5.71. The highest BCUT2D eigenvalue weighted by Gasteiger charge is 2.11. The van der Waals surface area contributed by atoms with E-state index in [0.717, 1.165) is 18.7 Å². The summed E-state index contributed by atoms with van der Waals surface area (Å²) in [6.45, 7) is 10.0. The summed E-state index contributed by atoms with van der Waals surface area (Å²) in [6, 6.07) is 4.44. The van der Waals surface area contributed by atoms with Gasteiger partial charge in [0, 0.05) is 11.9 Å². The molecule has 0 bridgehead atoms. The number of nitrogens with one attached hydrogen (secondary N) is 1. The van der Waals surface area contributed by atoms with Crippen LogP contribution < -0.4 is 5.32 Å². The second-order valence-electron chi connectivity index (χ2n) is 4.62. The molecule has 0 saturated carbocycles. The molecule has 96 valence electrons. The smallest absolute Gasteiger partial charge is 0.0664 e. The van der Waals surface area contributed by atoms with Gasteiger partial charge in [-0.15, -0.1) is 0 Å². The third-order valence-electron chi connectivity index (χ3n) is 2.56. The molecule has 0 aromatic carbocycles. The molecule has 1 rings (SSSR count). The van der Waals surface area contributed by atoms with Crippen LogP contribution in [0.1, 0.15) is 44.5 Å². The topological polar surface area (TPSA) is 34.1 Å². The van der Waals surface area contributed by atoms with Gasteiger partial charge in [-0.25, -0.2) is 0 Å². The molecule has 0 aliphatic rings. The van der Waals surface area contributed by atoms with E-state index in [4.69, 9.17) is 4.74 Å². The van der Waals surface area contributed by atoms with Gasteiger partial charge >= 0.3 is 0 Å². The SMILES string of the molecule is CCCNC(COC(C)C)c1ccnc(C)c1. The Morgan fingerprint density at radius 1 is 1.41 bits per heavy atom. The number of pyridine rings is 1. The van der Waals surface area contributed by atoms with E-state index in [-0.39, 0.29) is 12.1 Å². The highest BCUT2D eigenvalue weighted by atomic mass is 16.5. The molecular weight excluding hydrogens is 212 g/mol. The predicted molar refractivity (Wildman–Crippen MR) is 71.1 cm³/mol. The lowest BCUT2D eigenvalue weighted by Gasteiger charge is -2.20. The van der Waals surface area contributed by atoms with Gasteiger partial charge in [-0.05, 0) is 51.4 Å². The van der Waals surface area contributed by atoms with E-state index in [9.17, 15) is 0 Å². The van der Waals surface area contributed by atoms with Gasteiger partial charge in [-0.1, -0.05) is 6.92 Å². The third-order valence-corrected chi connectivity index (χ3v) is 2.56. The zero-order chi connectivity index (χ0) is 12.7. The number of aryl methyl sites for hydroxylation is 1. The van der Waals surface area contributed by atoms with Crippen LogP contribution in [0.4, 0.5) is 0 Å². The fourth-order valence-electron chi connectivity index (χ4n) is 1.66. The lowest BCUT2D eigenvalue weighted by atomic mass is 10.1. The summed E-state index contributed by atoms with van der Waals surface area (Å²) in [5.41, 5.74) is 2.31. The molecule has 0 spiro atoms. The molecule has 1 aromatic rings. The molecule has 3 heteroatoms. The van der Waals surface area contributed by atoms with E-state index in [0.29, 0.717) is 6.61 Å². The largest absolute Gasteiger partial charge is 0.377 e. The van der Waals surface area contributed by atoms with Crippen molar-refractivity contribution in [1.29, 1.82) is 0 Å². The van der Waals surface area contributed by atoms with Gasteiger partial charge in [0.25, 0.3) is 0 Å². The van der Waals surface area contributed by atoms with Gasteiger partial charge in [0.15, 0.2) is 0 Å². The van der Waals surface area contributed by atoms with E-state index in [2.05, 4.69) is 43.2 Å². The Labute approximate surface area is 105 Å². The van der Waals surface area contributed by atoms with Crippen molar-refractivity contribution in [2.75, 3.05) is 13.2 Å². The second-order valence-corrected chi connectivity index (χ2v) is 4.62. The van der Waals surface area contributed by atoms with Crippen LogP contribution in [0.3, 0.4) is 0 Å². The zero-order valence-electron chi connectivity index (χ0n) is 11.4. The van der Waals surface area contributed by atoms with Gasteiger partial charge in [-0.3, -0.25) is 4.98 Å². The molecule has 1 heterocycles. The quantitative estimate of drug-likeness (QED) is 0.790. The van der Waals surface area contributed by atoms with E-state index in [1.807, 2.05) is 13.1 Å². The van der Waals surface area contributed by atoms with Crippen molar-refractivity contribution in [2.24, 2.45) is 0 Å². The molecule has 0 aliphatic heterocycles. The van der Waals surface area contributed by atoms with Gasteiger partial charge < -0.3 is 10.1 Å². The average molecular weight is 236 g/mol. The maximum absolute atomic E-state index is 5.71. The van der Waals surface area contributed by atoms with E-state index in [1.165, 1.54) is 5.56 Å². The maximum Gasteiger partial charge on any atom is 0.0664 e. The van der Waals surface area contributed by atoms with Crippen LogP contribution in [0.5, 0.6) is 0 Å². The summed E-state index contributed by atoms with van der Waals surface area (Å²) in [5.74, 6) is 0. The molecule has 1 aromatic heterocycles. The Morgan fingerprint density at radius 3 is 2.76 bits per heavy atom. The standard InChI is InChI=1S/C14H24N2O/c1-5-7-16-14(10-17-11(2)3)13-6-8-15-12(4)9-13/h6,8-9,11,14,16H,5,7,10H2,1-4H3. The summed E-state index contributed by atoms with van der Waals surface area (Å²) in [6.07, 6.45) is 3.26. The number of nitrogens with zero attached hydrogens (tertiary/aromatic N) is 1. The van der Waals surface area contributed by atoms with Gasteiger partial charge in [0.2, 0.25) is 0 Å².